The Kier molecular flexibility index (Phi) is 4.31. The predicted octanol–water partition coefficient (Wildman–Crippen LogP) is 2.76. The second-order valence-corrected chi connectivity index (χ2v) is 4.12. The van der Waals surface area contributed by atoms with Crippen molar-refractivity contribution in [1.29, 1.82) is 0 Å². The summed E-state index contributed by atoms with van der Waals surface area (Å²) in [5.74, 6) is 0.776. The van der Waals surface area contributed by atoms with Crippen molar-refractivity contribution in [3.05, 3.63) is 59.9 Å². The molecular formula is C15H17NO2. The first-order valence-electron chi connectivity index (χ1n) is 6.02. The Hall–Kier alpha value is -1.87. The van der Waals surface area contributed by atoms with Gasteiger partial charge in [0.05, 0.1) is 18.9 Å². The first-order chi connectivity index (χ1) is 8.81. The van der Waals surface area contributed by atoms with Crippen LogP contribution in [0.2, 0.25) is 0 Å². The third-order valence-electron chi connectivity index (χ3n) is 2.91. The molecule has 0 bridgehead atoms. The quantitative estimate of drug-likeness (QED) is 0.878. The lowest BCUT2D eigenvalue weighted by molar-refractivity contribution is 0.167. The average Bonchev–Trinajstić information content (AvgIpc) is 2.46. The van der Waals surface area contributed by atoms with Gasteiger partial charge in [-0.2, -0.15) is 0 Å². The van der Waals surface area contributed by atoms with Gasteiger partial charge in [0, 0.05) is 6.20 Å². The molecule has 1 heterocycles. The van der Waals surface area contributed by atoms with E-state index in [0.29, 0.717) is 12.8 Å². The maximum Gasteiger partial charge on any atom is 0.140 e. The molecule has 0 aliphatic rings. The van der Waals surface area contributed by atoms with E-state index in [9.17, 15) is 5.11 Å². The molecule has 3 nitrogen and oxygen atoms in total. The van der Waals surface area contributed by atoms with Gasteiger partial charge in [-0.3, -0.25) is 4.98 Å². The molecule has 0 aliphatic heterocycles. The van der Waals surface area contributed by atoms with E-state index in [4.69, 9.17) is 4.74 Å². The number of ether oxygens (including phenoxy) is 1. The molecule has 1 aromatic heterocycles. The van der Waals surface area contributed by atoms with Gasteiger partial charge < -0.3 is 9.84 Å². The number of rotatable bonds is 5. The Balaban J connectivity index is 1.99. The van der Waals surface area contributed by atoms with E-state index in [1.165, 1.54) is 0 Å². The molecule has 1 atom stereocenters. The number of nitrogens with zero attached hydrogens (tertiary/aromatic N) is 1. The lowest BCUT2D eigenvalue weighted by Gasteiger charge is -2.11. The highest BCUT2D eigenvalue weighted by atomic mass is 16.5. The summed E-state index contributed by atoms with van der Waals surface area (Å²) >= 11 is 0. The molecule has 0 spiro atoms. The summed E-state index contributed by atoms with van der Waals surface area (Å²) in [6, 6.07) is 13.4. The molecule has 2 rings (SSSR count). The Morgan fingerprint density at radius 2 is 1.94 bits per heavy atom. The van der Waals surface area contributed by atoms with Gasteiger partial charge in [-0.15, -0.1) is 0 Å². The Labute approximate surface area is 107 Å². The van der Waals surface area contributed by atoms with Gasteiger partial charge >= 0.3 is 0 Å². The largest absolute Gasteiger partial charge is 0.495 e. The van der Waals surface area contributed by atoms with Crippen LogP contribution in [0.1, 0.15) is 23.8 Å². The minimum Gasteiger partial charge on any atom is -0.495 e. The van der Waals surface area contributed by atoms with Crippen molar-refractivity contribution in [3.8, 4) is 5.75 Å². The SMILES string of the molecule is COc1cccnc1CCC(O)c1ccccc1. The molecule has 0 radical (unpaired) electrons. The van der Waals surface area contributed by atoms with E-state index in [0.717, 1.165) is 17.0 Å². The van der Waals surface area contributed by atoms with Crippen molar-refractivity contribution in [2.24, 2.45) is 0 Å². The summed E-state index contributed by atoms with van der Waals surface area (Å²) in [7, 11) is 1.63. The zero-order chi connectivity index (χ0) is 12.8. The number of hydrogen-bond acceptors (Lipinski definition) is 3. The van der Waals surface area contributed by atoms with E-state index in [1.54, 1.807) is 13.3 Å². The van der Waals surface area contributed by atoms with Crippen LogP contribution < -0.4 is 4.74 Å². The highest BCUT2D eigenvalue weighted by molar-refractivity contribution is 5.27. The highest BCUT2D eigenvalue weighted by Crippen LogP contribution is 2.22. The minimum absolute atomic E-state index is 0.460. The molecule has 3 heteroatoms. The lowest BCUT2D eigenvalue weighted by Crippen LogP contribution is -2.02. The number of methoxy groups -OCH3 is 1. The molecule has 1 N–H and O–H groups in total. The van der Waals surface area contributed by atoms with Crippen LogP contribution in [0.4, 0.5) is 0 Å². The van der Waals surface area contributed by atoms with Gasteiger partial charge in [-0.1, -0.05) is 30.3 Å². The number of pyridine rings is 1. The zero-order valence-corrected chi connectivity index (χ0v) is 10.4. The summed E-state index contributed by atoms with van der Waals surface area (Å²) in [6.07, 6.45) is 2.61. The molecule has 0 amide bonds. The van der Waals surface area contributed by atoms with Crippen molar-refractivity contribution in [1.82, 2.24) is 4.98 Å². The number of aliphatic hydroxyl groups excluding tert-OH is 1. The van der Waals surface area contributed by atoms with Crippen molar-refractivity contribution < 1.29 is 9.84 Å². The van der Waals surface area contributed by atoms with Gasteiger partial charge in [0.1, 0.15) is 5.75 Å². The number of benzene rings is 1. The summed E-state index contributed by atoms with van der Waals surface area (Å²) < 4.78 is 5.24. The van der Waals surface area contributed by atoms with Crippen molar-refractivity contribution in [2.75, 3.05) is 7.11 Å². The normalized spacial score (nSPS) is 12.1. The summed E-state index contributed by atoms with van der Waals surface area (Å²) in [6.45, 7) is 0. The molecule has 1 aromatic carbocycles. The first-order valence-corrected chi connectivity index (χ1v) is 6.02. The van der Waals surface area contributed by atoms with Gasteiger partial charge in [0.15, 0.2) is 0 Å². The third kappa shape index (κ3) is 3.08. The summed E-state index contributed by atoms with van der Waals surface area (Å²) in [5.41, 5.74) is 1.82. The maximum absolute atomic E-state index is 10.1. The smallest absolute Gasteiger partial charge is 0.140 e. The van der Waals surface area contributed by atoms with Crippen LogP contribution in [0.5, 0.6) is 5.75 Å². The Morgan fingerprint density at radius 3 is 2.67 bits per heavy atom. The Morgan fingerprint density at radius 1 is 1.17 bits per heavy atom. The van der Waals surface area contributed by atoms with Crippen molar-refractivity contribution >= 4 is 0 Å². The fourth-order valence-electron chi connectivity index (χ4n) is 1.91. The molecule has 18 heavy (non-hydrogen) atoms. The molecule has 2 aromatic rings. The van der Waals surface area contributed by atoms with Gasteiger partial charge in [-0.05, 0) is 30.5 Å². The molecule has 0 fully saturated rings. The second kappa shape index (κ2) is 6.17. The molecule has 0 saturated carbocycles. The van der Waals surface area contributed by atoms with E-state index in [2.05, 4.69) is 4.98 Å². The monoisotopic (exact) mass is 243 g/mol. The topological polar surface area (TPSA) is 42.4 Å². The van der Waals surface area contributed by atoms with Crippen LogP contribution in [0.3, 0.4) is 0 Å². The van der Waals surface area contributed by atoms with Crippen LogP contribution in [0.15, 0.2) is 48.7 Å². The van der Waals surface area contributed by atoms with Crippen LogP contribution in [-0.4, -0.2) is 17.2 Å². The van der Waals surface area contributed by atoms with Crippen LogP contribution >= 0.6 is 0 Å². The van der Waals surface area contributed by atoms with Gasteiger partial charge in [0.2, 0.25) is 0 Å². The highest BCUT2D eigenvalue weighted by Gasteiger charge is 2.10. The number of hydrogen-bond donors (Lipinski definition) is 1. The van der Waals surface area contributed by atoms with Gasteiger partial charge in [-0.25, -0.2) is 0 Å². The zero-order valence-electron chi connectivity index (χ0n) is 10.4. The number of aliphatic hydroxyl groups is 1. The molecule has 0 saturated heterocycles. The van der Waals surface area contributed by atoms with E-state index in [1.807, 2.05) is 42.5 Å². The fraction of sp³-hybridized carbons (Fsp3) is 0.267. The van der Waals surface area contributed by atoms with E-state index >= 15 is 0 Å². The second-order valence-electron chi connectivity index (χ2n) is 4.12. The number of aryl methyl sites for hydroxylation is 1. The number of aromatic nitrogens is 1. The summed E-state index contributed by atoms with van der Waals surface area (Å²) in [4.78, 5) is 4.28. The minimum atomic E-state index is -0.460. The van der Waals surface area contributed by atoms with Crippen LogP contribution in [0, 0.1) is 0 Å². The lowest BCUT2D eigenvalue weighted by atomic mass is 10.0. The maximum atomic E-state index is 10.1. The Bertz CT molecular complexity index is 485. The van der Waals surface area contributed by atoms with E-state index < -0.39 is 6.10 Å². The fourth-order valence-corrected chi connectivity index (χ4v) is 1.91. The van der Waals surface area contributed by atoms with Crippen molar-refractivity contribution in [3.63, 3.8) is 0 Å². The van der Waals surface area contributed by atoms with Crippen LogP contribution in [-0.2, 0) is 6.42 Å². The predicted molar refractivity (Wildman–Crippen MR) is 70.5 cm³/mol. The standard InChI is InChI=1S/C15H17NO2/c1-18-15-8-5-11-16-13(15)9-10-14(17)12-6-3-2-4-7-12/h2-8,11,14,17H,9-10H2,1H3. The van der Waals surface area contributed by atoms with E-state index in [-0.39, 0.29) is 0 Å². The average molecular weight is 243 g/mol. The third-order valence-corrected chi connectivity index (χ3v) is 2.91. The molecule has 0 aliphatic carbocycles. The van der Waals surface area contributed by atoms with Crippen LogP contribution in [0.25, 0.3) is 0 Å². The van der Waals surface area contributed by atoms with Crippen molar-refractivity contribution in [2.45, 2.75) is 18.9 Å². The molecule has 1 unspecified atom stereocenters. The first kappa shape index (κ1) is 12.6. The molecule has 94 valence electrons. The molecular weight excluding hydrogens is 226 g/mol. The summed E-state index contributed by atoms with van der Waals surface area (Å²) in [5, 5.41) is 10.1. The van der Waals surface area contributed by atoms with Gasteiger partial charge in [0.25, 0.3) is 0 Å².